The highest BCUT2D eigenvalue weighted by Gasteiger charge is 2.69. The van der Waals surface area contributed by atoms with Crippen LogP contribution in [-0.2, 0) is 4.74 Å². The molecule has 9 N–H and O–H groups in total. The number of ether oxygens (including phenoxy) is 1. The van der Waals surface area contributed by atoms with E-state index in [4.69, 9.17) is 21.4 Å². The number of hydrogen-bond acceptors (Lipinski definition) is 11. The van der Waals surface area contributed by atoms with E-state index >= 15 is 0 Å². The lowest BCUT2D eigenvalue weighted by Gasteiger charge is -2.48. The van der Waals surface area contributed by atoms with Gasteiger partial charge in [-0.2, -0.15) is 0 Å². The van der Waals surface area contributed by atoms with Crippen LogP contribution in [-0.4, -0.2) is 75.0 Å². The van der Waals surface area contributed by atoms with Crippen LogP contribution in [0, 0.1) is 0 Å². The number of hydrogen-bond donors (Lipinski definition) is 7. The van der Waals surface area contributed by atoms with Crippen molar-refractivity contribution in [2.45, 2.75) is 30.0 Å². The summed E-state index contributed by atoms with van der Waals surface area (Å²) in [6.07, 6.45) is -1.06. The fraction of sp³-hybridized carbons (Fsp3) is 0.700. The zero-order valence-electron chi connectivity index (χ0n) is 11.4. The Bertz CT molecular complexity index is 564. The average Bonchev–Trinajstić information content (AvgIpc) is 2.94. The number of carbonyl (C=O) groups excluding carboxylic acids is 1. The molecule has 3 atom stereocenters. The van der Waals surface area contributed by atoms with E-state index in [0.29, 0.717) is 0 Å². The van der Waals surface area contributed by atoms with Crippen molar-refractivity contribution in [3.05, 3.63) is 0 Å². The third-order valence-electron chi connectivity index (χ3n) is 4.16. The van der Waals surface area contributed by atoms with Crippen LogP contribution in [0.3, 0.4) is 0 Å². The van der Waals surface area contributed by atoms with Gasteiger partial charge in [-0.05, 0) is 0 Å². The van der Waals surface area contributed by atoms with Crippen molar-refractivity contribution in [1.82, 2.24) is 15.7 Å². The fourth-order valence-electron chi connectivity index (χ4n) is 3.25. The predicted molar refractivity (Wildman–Crippen MR) is 71.4 cm³/mol. The lowest BCUT2D eigenvalue weighted by Crippen LogP contribution is -2.76. The summed E-state index contributed by atoms with van der Waals surface area (Å²) in [5, 5.41) is 32.0. The number of nitrogens with one attached hydrogen (secondary N) is 2. The van der Waals surface area contributed by atoms with Gasteiger partial charge < -0.3 is 36.6 Å². The Balaban J connectivity index is 1.95. The molecule has 1 fully saturated rings. The number of nitrogens with two attached hydrogens (primary N) is 2. The van der Waals surface area contributed by atoms with E-state index in [9.17, 15) is 15.0 Å². The van der Waals surface area contributed by atoms with Gasteiger partial charge in [-0.3, -0.25) is 5.21 Å². The average molecular weight is 315 g/mol. The molecule has 3 aliphatic rings. The molecule has 22 heavy (non-hydrogen) atoms. The molecule has 3 heterocycles. The highest BCUT2D eigenvalue weighted by Crippen LogP contribution is 2.44. The van der Waals surface area contributed by atoms with Crippen LogP contribution in [0.5, 0.6) is 0 Å². The van der Waals surface area contributed by atoms with Gasteiger partial charge in [-0.25, -0.2) is 20.3 Å². The van der Waals surface area contributed by atoms with Gasteiger partial charge in [0.15, 0.2) is 17.6 Å². The Hall–Kier alpha value is -2.31. The highest BCUT2D eigenvalue weighted by atomic mass is 16.6. The van der Waals surface area contributed by atoms with Crippen molar-refractivity contribution in [2.75, 3.05) is 13.2 Å². The molecule has 1 saturated heterocycles. The third-order valence-corrected chi connectivity index (χ3v) is 4.16. The molecule has 1 amide bonds. The SMILES string of the molecule is NC1=N[C@H]2[C@H](COC(=O)NO)N=C(N)N3CCC(O)(O)[C@@]23N1. The van der Waals surface area contributed by atoms with E-state index < -0.39 is 29.6 Å². The second kappa shape index (κ2) is 4.59. The van der Waals surface area contributed by atoms with Crippen molar-refractivity contribution in [3.63, 3.8) is 0 Å². The molecule has 0 unspecified atom stereocenters. The molecule has 0 aromatic carbocycles. The van der Waals surface area contributed by atoms with Crippen LogP contribution in [0.4, 0.5) is 4.79 Å². The number of rotatable bonds is 2. The van der Waals surface area contributed by atoms with Crippen molar-refractivity contribution in [2.24, 2.45) is 21.5 Å². The summed E-state index contributed by atoms with van der Waals surface area (Å²) < 4.78 is 4.75. The van der Waals surface area contributed by atoms with E-state index in [1.165, 1.54) is 10.4 Å². The lowest BCUT2D eigenvalue weighted by atomic mass is 9.87. The molecule has 3 aliphatic heterocycles. The summed E-state index contributed by atoms with van der Waals surface area (Å²) in [5.41, 5.74) is 11.4. The molecule has 0 bridgehead atoms. The standard InChI is InChI=1S/C10H17N7O5/c11-6-14-5-4(3-22-8(18)16-21)13-7(12)17-2-1-9(19,20)10(5,17)15-6/h4-5,19-21H,1-3H2,(H2,12,13)(H,16,18)(H3,11,14,15)/t4-,5-,10+/m0/s1. The third kappa shape index (κ3) is 1.77. The Morgan fingerprint density at radius 2 is 2.23 bits per heavy atom. The monoisotopic (exact) mass is 315 g/mol. The molecule has 0 radical (unpaired) electrons. The van der Waals surface area contributed by atoms with E-state index in [1.54, 1.807) is 0 Å². The quantitative estimate of drug-likeness (QED) is 0.152. The van der Waals surface area contributed by atoms with Gasteiger partial charge in [0.05, 0.1) is 0 Å². The maximum Gasteiger partial charge on any atom is 0.431 e. The molecular weight excluding hydrogens is 298 g/mol. The van der Waals surface area contributed by atoms with Crippen LogP contribution < -0.4 is 22.3 Å². The second-order valence-electron chi connectivity index (χ2n) is 5.33. The Kier molecular flexibility index (Phi) is 3.05. The van der Waals surface area contributed by atoms with Crippen molar-refractivity contribution >= 4 is 18.0 Å². The molecule has 12 heteroatoms. The molecule has 0 aliphatic carbocycles. The first kappa shape index (κ1) is 14.6. The first-order chi connectivity index (χ1) is 10.3. The minimum Gasteiger partial charge on any atom is -0.446 e. The first-order valence-electron chi connectivity index (χ1n) is 6.56. The number of aliphatic hydroxyl groups is 2. The smallest absolute Gasteiger partial charge is 0.431 e. The summed E-state index contributed by atoms with van der Waals surface area (Å²) in [6.45, 7) is -0.0266. The molecule has 3 rings (SSSR count). The van der Waals surface area contributed by atoms with Crippen molar-refractivity contribution in [3.8, 4) is 0 Å². The Morgan fingerprint density at radius 3 is 2.91 bits per heavy atom. The van der Waals surface area contributed by atoms with Gasteiger partial charge in [0.1, 0.15) is 18.7 Å². The first-order valence-corrected chi connectivity index (χ1v) is 6.56. The van der Waals surface area contributed by atoms with E-state index in [2.05, 4.69) is 15.3 Å². The lowest BCUT2D eigenvalue weighted by molar-refractivity contribution is -0.221. The molecule has 0 aromatic heterocycles. The van der Waals surface area contributed by atoms with Crippen LogP contribution in [0.25, 0.3) is 0 Å². The summed E-state index contributed by atoms with van der Waals surface area (Å²) in [4.78, 5) is 20.8. The molecule has 0 saturated carbocycles. The summed E-state index contributed by atoms with van der Waals surface area (Å²) in [5.74, 6) is -2.09. The van der Waals surface area contributed by atoms with E-state index in [1.807, 2.05) is 0 Å². The summed E-state index contributed by atoms with van der Waals surface area (Å²) in [6, 6.07) is -1.62. The molecule has 12 nitrogen and oxygen atoms in total. The van der Waals surface area contributed by atoms with Gasteiger partial charge in [-0.1, -0.05) is 0 Å². The van der Waals surface area contributed by atoms with E-state index in [0.717, 1.165) is 0 Å². The zero-order valence-corrected chi connectivity index (χ0v) is 11.4. The second-order valence-corrected chi connectivity index (χ2v) is 5.33. The van der Waals surface area contributed by atoms with Gasteiger partial charge in [0, 0.05) is 13.0 Å². The number of guanidine groups is 2. The number of aliphatic imine (C=N–C) groups is 2. The largest absolute Gasteiger partial charge is 0.446 e. The molecule has 122 valence electrons. The normalized spacial score (nSPS) is 35.0. The predicted octanol–water partition coefficient (Wildman–Crippen LogP) is -3.83. The summed E-state index contributed by atoms with van der Waals surface area (Å²) >= 11 is 0. The molecular formula is C10H17N7O5. The number of nitrogens with zero attached hydrogens (tertiary/aromatic N) is 3. The molecule has 0 aromatic rings. The van der Waals surface area contributed by atoms with Gasteiger partial charge >= 0.3 is 6.09 Å². The van der Waals surface area contributed by atoms with Crippen LogP contribution in [0.15, 0.2) is 9.98 Å². The van der Waals surface area contributed by atoms with Crippen molar-refractivity contribution < 1.29 is 25.0 Å². The fourth-order valence-corrected chi connectivity index (χ4v) is 3.25. The number of carbonyl (C=O) groups is 1. The zero-order chi connectivity index (χ0) is 16.1. The van der Waals surface area contributed by atoms with E-state index in [-0.39, 0.29) is 31.5 Å². The van der Waals surface area contributed by atoms with Crippen LogP contribution in [0.1, 0.15) is 6.42 Å². The Morgan fingerprint density at radius 1 is 1.50 bits per heavy atom. The maximum absolute atomic E-state index is 11.0. The van der Waals surface area contributed by atoms with Crippen LogP contribution >= 0.6 is 0 Å². The topological polar surface area (TPSA) is 191 Å². The minimum atomic E-state index is -2.15. The van der Waals surface area contributed by atoms with Crippen LogP contribution in [0.2, 0.25) is 0 Å². The number of amides is 1. The maximum atomic E-state index is 11.0. The Labute approximate surface area is 124 Å². The van der Waals surface area contributed by atoms with Gasteiger partial charge in [0.25, 0.3) is 0 Å². The number of hydroxylamine groups is 1. The minimum absolute atomic E-state index is 0.00545. The van der Waals surface area contributed by atoms with Crippen molar-refractivity contribution in [1.29, 1.82) is 0 Å². The highest BCUT2D eigenvalue weighted by molar-refractivity contribution is 5.87. The summed E-state index contributed by atoms with van der Waals surface area (Å²) in [7, 11) is 0. The molecule has 1 spiro atoms. The van der Waals surface area contributed by atoms with Gasteiger partial charge in [0.2, 0.25) is 5.79 Å². The van der Waals surface area contributed by atoms with Gasteiger partial charge in [-0.15, -0.1) is 0 Å².